The summed E-state index contributed by atoms with van der Waals surface area (Å²) in [7, 11) is 0. The van der Waals surface area contributed by atoms with Gasteiger partial charge in [-0.05, 0) is 42.3 Å². The Balaban J connectivity index is 1.42. The van der Waals surface area contributed by atoms with E-state index in [4.69, 9.17) is 4.98 Å². The molecule has 4 aromatic rings. The maximum absolute atomic E-state index is 12.2. The van der Waals surface area contributed by atoms with Crippen LogP contribution in [0.2, 0.25) is 0 Å². The van der Waals surface area contributed by atoms with Gasteiger partial charge in [0.1, 0.15) is 0 Å². The van der Waals surface area contributed by atoms with Gasteiger partial charge in [-0.3, -0.25) is 4.79 Å². The number of nitrogens with zero attached hydrogens (tertiary/aromatic N) is 5. The van der Waals surface area contributed by atoms with E-state index in [-0.39, 0.29) is 5.91 Å². The van der Waals surface area contributed by atoms with Crippen molar-refractivity contribution in [1.82, 2.24) is 24.9 Å². The zero-order valence-electron chi connectivity index (χ0n) is 18.1. The number of rotatable bonds is 5. The molecule has 8 heteroatoms. The van der Waals surface area contributed by atoms with Gasteiger partial charge in [-0.25, -0.2) is 14.5 Å². The smallest absolute Gasteiger partial charge is 0.240 e. The van der Waals surface area contributed by atoms with Gasteiger partial charge in [-0.2, -0.15) is 5.10 Å². The topological polar surface area (TPSA) is 87.5 Å². The first-order valence-corrected chi connectivity index (χ1v) is 10.8. The minimum atomic E-state index is 0.0719. The second-order valence-corrected chi connectivity index (χ2v) is 8.16. The van der Waals surface area contributed by atoms with Gasteiger partial charge in [-0.1, -0.05) is 19.9 Å². The molecule has 1 aliphatic rings. The molecule has 162 valence electrons. The van der Waals surface area contributed by atoms with Crippen LogP contribution in [0.4, 0.5) is 17.3 Å². The lowest BCUT2D eigenvalue weighted by Gasteiger charge is -2.27. The maximum atomic E-state index is 12.2. The lowest BCUT2D eigenvalue weighted by atomic mass is 10.0. The van der Waals surface area contributed by atoms with Gasteiger partial charge in [0, 0.05) is 48.0 Å². The summed E-state index contributed by atoms with van der Waals surface area (Å²) < 4.78 is 1.89. The van der Waals surface area contributed by atoms with Crippen molar-refractivity contribution in [3.05, 3.63) is 66.6 Å². The van der Waals surface area contributed by atoms with Gasteiger partial charge in [0.05, 0.1) is 24.0 Å². The van der Waals surface area contributed by atoms with E-state index in [0.717, 1.165) is 34.7 Å². The highest BCUT2D eigenvalue weighted by molar-refractivity contribution is 5.96. The standard InChI is InChI=1S/C24H25N7O/c1-16(2)20-14-27-31-10-7-17(12-22(20)31)21-6-8-26-24(29-21)28-18-4-3-5-19(13-18)30-11-9-25-15-23(30)32/h3-8,10,12-14,16,25H,9,11,15H2,1-2H3,(H,26,28,29). The highest BCUT2D eigenvalue weighted by Gasteiger charge is 2.19. The molecule has 32 heavy (non-hydrogen) atoms. The number of amides is 1. The highest BCUT2D eigenvalue weighted by atomic mass is 16.2. The first kappa shape index (κ1) is 20.1. The van der Waals surface area contributed by atoms with E-state index in [0.29, 0.717) is 25.0 Å². The maximum Gasteiger partial charge on any atom is 0.240 e. The predicted molar refractivity (Wildman–Crippen MR) is 125 cm³/mol. The van der Waals surface area contributed by atoms with Crippen molar-refractivity contribution in [2.24, 2.45) is 0 Å². The van der Waals surface area contributed by atoms with E-state index < -0.39 is 0 Å². The molecule has 0 atom stereocenters. The third-order valence-corrected chi connectivity index (χ3v) is 5.63. The Hall–Kier alpha value is -3.78. The largest absolute Gasteiger partial charge is 0.324 e. The summed E-state index contributed by atoms with van der Waals surface area (Å²) in [6, 6.07) is 13.8. The lowest BCUT2D eigenvalue weighted by molar-refractivity contribution is -0.118. The molecule has 1 aromatic carbocycles. The normalized spacial score (nSPS) is 14.3. The Morgan fingerprint density at radius 2 is 2.06 bits per heavy atom. The van der Waals surface area contributed by atoms with Crippen LogP contribution in [-0.2, 0) is 4.79 Å². The van der Waals surface area contributed by atoms with Crippen LogP contribution in [-0.4, -0.2) is 45.1 Å². The van der Waals surface area contributed by atoms with Crippen LogP contribution < -0.4 is 15.5 Å². The average molecular weight is 428 g/mol. The van der Waals surface area contributed by atoms with Gasteiger partial charge >= 0.3 is 0 Å². The van der Waals surface area contributed by atoms with E-state index in [1.807, 2.05) is 53.3 Å². The Morgan fingerprint density at radius 3 is 2.91 bits per heavy atom. The van der Waals surface area contributed by atoms with Gasteiger partial charge in [0.25, 0.3) is 0 Å². The molecule has 0 unspecified atom stereocenters. The van der Waals surface area contributed by atoms with Crippen LogP contribution in [0.5, 0.6) is 0 Å². The van der Waals surface area contributed by atoms with Crippen LogP contribution >= 0.6 is 0 Å². The molecule has 1 saturated heterocycles. The van der Waals surface area contributed by atoms with Gasteiger partial charge in [0.15, 0.2) is 0 Å². The van der Waals surface area contributed by atoms with Gasteiger partial charge in [0.2, 0.25) is 11.9 Å². The van der Waals surface area contributed by atoms with Crippen molar-refractivity contribution in [2.45, 2.75) is 19.8 Å². The van der Waals surface area contributed by atoms with Crippen LogP contribution in [0.15, 0.2) is 61.1 Å². The molecule has 1 fully saturated rings. The number of nitrogens with one attached hydrogen (secondary N) is 2. The van der Waals surface area contributed by atoms with E-state index in [1.165, 1.54) is 5.56 Å². The van der Waals surface area contributed by atoms with Crippen LogP contribution in [0, 0.1) is 0 Å². The fourth-order valence-corrected chi connectivity index (χ4v) is 3.94. The molecule has 3 aromatic heterocycles. The van der Waals surface area contributed by atoms with Crippen molar-refractivity contribution in [1.29, 1.82) is 0 Å². The zero-order chi connectivity index (χ0) is 22.1. The molecule has 2 N–H and O–H groups in total. The lowest BCUT2D eigenvalue weighted by Crippen LogP contribution is -2.48. The quantitative estimate of drug-likeness (QED) is 0.506. The Kier molecular flexibility index (Phi) is 5.28. The Labute approximate surface area is 186 Å². The Morgan fingerprint density at radius 1 is 1.16 bits per heavy atom. The number of hydrogen-bond acceptors (Lipinski definition) is 6. The van der Waals surface area contributed by atoms with Crippen LogP contribution in [0.25, 0.3) is 16.8 Å². The molecule has 0 radical (unpaired) electrons. The zero-order valence-corrected chi connectivity index (χ0v) is 18.1. The number of piperazine rings is 1. The van der Waals surface area contributed by atoms with Gasteiger partial charge < -0.3 is 15.5 Å². The number of carbonyl (C=O) groups excluding carboxylic acids is 1. The van der Waals surface area contributed by atoms with Crippen LogP contribution in [0.1, 0.15) is 25.3 Å². The first-order valence-electron chi connectivity index (χ1n) is 10.8. The van der Waals surface area contributed by atoms with Crippen molar-refractivity contribution in [2.75, 3.05) is 29.9 Å². The number of hydrogen-bond donors (Lipinski definition) is 2. The number of pyridine rings is 1. The summed E-state index contributed by atoms with van der Waals surface area (Å²) in [4.78, 5) is 23.1. The fourth-order valence-electron chi connectivity index (χ4n) is 3.94. The monoisotopic (exact) mass is 427 g/mol. The molecule has 0 saturated carbocycles. The molecule has 5 rings (SSSR count). The summed E-state index contributed by atoms with van der Waals surface area (Å²) in [5, 5.41) is 10.8. The molecule has 8 nitrogen and oxygen atoms in total. The molecular formula is C24H25N7O. The third kappa shape index (κ3) is 3.92. The van der Waals surface area contributed by atoms with Crippen molar-refractivity contribution >= 4 is 28.7 Å². The molecule has 4 heterocycles. The minimum absolute atomic E-state index is 0.0719. The van der Waals surface area contributed by atoms with Crippen LogP contribution in [0.3, 0.4) is 0 Å². The molecule has 0 spiro atoms. The Bertz CT molecular complexity index is 1280. The average Bonchev–Trinajstić information content (AvgIpc) is 3.23. The summed E-state index contributed by atoms with van der Waals surface area (Å²) >= 11 is 0. The number of carbonyl (C=O) groups is 1. The fraction of sp³-hybridized carbons (Fsp3) is 0.250. The van der Waals surface area contributed by atoms with Crippen molar-refractivity contribution < 1.29 is 4.79 Å². The highest BCUT2D eigenvalue weighted by Crippen LogP contribution is 2.26. The number of benzene rings is 1. The number of fused-ring (bicyclic) bond motifs is 1. The number of anilines is 3. The van der Waals surface area contributed by atoms with E-state index in [2.05, 4.69) is 40.6 Å². The summed E-state index contributed by atoms with van der Waals surface area (Å²) in [5.41, 5.74) is 5.82. The second-order valence-electron chi connectivity index (χ2n) is 8.16. The third-order valence-electron chi connectivity index (χ3n) is 5.63. The van der Waals surface area contributed by atoms with E-state index in [9.17, 15) is 4.79 Å². The molecular weight excluding hydrogens is 402 g/mol. The number of aromatic nitrogens is 4. The SMILES string of the molecule is CC(C)c1cnn2ccc(-c3ccnc(Nc4cccc(N5CCNCC5=O)c4)n3)cc12. The summed E-state index contributed by atoms with van der Waals surface area (Å²) in [5.74, 6) is 0.964. The first-order chi connectivity index (χ1) is 15.6. The van der Waals surface area contributed by atoms with Crippen molar-refractivity contribution in [3.8, 4) is 11.3 Å². The van der Waals surface area contributed by atoms with Crippen molar-refractivity contribution in [3.63, 3.8) is 0 Å². The molecule has 0 bridgehead atoms. The van der Waals surface area contributed by atoms with E-state index in [1.54, 1.807) is 11.1 Å². The minimum Gasteiger partial charge on any atom is -0.324 e. The molecule has 1 aliphatic heterocycles. The van der Waals surface area contributed by atoms with E-state index >= 15 is 0 Å². The summed E-state index contributed by atoms with van der Waals surface area (Å²) in [6.07, 6.45) is 5.63. The van der Waals surface area contributed by atoms with Gasteiger partial charge in [-0.15, -0.1) is 0 Å². The second kappa shape index (κ2) is 8.39. The predicted octanol–water partition coefficient (Wildman–Crippen LogP) is 3.59. The summed E-state index contributed by atoms with van der Waals surface area (Å²) in [6.45, 7) is 6.14. The molecule has 1 amide bonds. The molecule has 0 aliphatic carbocycles.